The number of para-hydroxylation sites is 3. The lowest BCUT2D eigenvalue weighted by Gasteiger charge is -2.23. The third-order valence-electron chi connectivity index (χ3n) is 12.3. The van der Waals surface area contributed by atoms with E-state index in [2.05, 4.69) is 175 Å². The predicted octanol–water partition coefficient (Wildman–Crippen LogP) is 14.3. The molecule has 0 saturated carbocycles. The minimum atomic E-state index is -0.584. The predicted molar refractivity (Wildman–Crippen MR) is 248 cm³/mol. The molecule has 10 aromatic carbocycles. The molecule has 0 saturated heterocycles. The molecule has 0 aliphatic carbocycles. The van der Waals surface area contributed by atoms with E-state index in [0.29, 0.717) is 5.84 Å². The zero-order valence-electron chi connectivity index (χ0n) is 32.2. The molecule has 1 N–H and O–H groups in total. The fourth-order valence-corrected chi connectivity index (χ4v) is 9.44. The molecule has 1 atom stereocenters. The standard InChI is InChI=1S/C55H33N3O2/c1-3-12-38-32(10-1)22-24-34-26-28-36(30-46(34)38)40-15-7-17-43-50-44(18-9-21-49(50)60-51(40)43)54-56-53(37-29-27-35-25-23-33-11-2-4-13-39(33)47(35)31-37)57-55(58-54)45-19-8-16-42-41-14-5-6-20-48(41)59-52(42)45/h1-31,54H,(H,56,57,58). The van der Waals surface area contributed by atoms with Crippen molar-refractivity contribution < 1.29 is 8.83 Å². The van der Waals surface area contributed by atoms with E-state index in [9.17, 15) is 0 Å². The Morgan fingerprint density at radius 3 is 1.65 bits per heavy atom. The molecule has 12 aromatic rings. The van der Waals surface area contributed by atoms with Crippen LogP contribution in [0.25, 0.3) is 98.1 Å². The second-order valence-electron chi connectivity index (χ2n) is 15.7. The van der Waals surface area contributed by atoms with Gasteiger partial charge < -0.3 is 14.2 Å². The van der Waals surface area contributed by atoms with Gasteiger partial charge in [-0.05, 0) is 79.0 Å². The molecule has 1 aliphatic heterocycles. The molecule has 60 heavy (non-hydrogen) atoms. The maximum Gasteiger partial charge on any atom is 0.170 e. The van der Waals surface area contributed by atoms with Crippen LogP contribution >= 0.6 is 0 Å². The second-order valence-corrected chi connectivity index (χ2v) is 15.7. The molecule has 0 spiro atoms. The number of aliphatic imine (C=N–C) groups is 2. The number of nitrogens with one attached hydrogen (secondary N) is 1. The highest BCUT2D eigenvalue weighted by Gasteiger charge is 2.27. The molecule has 2 aromatic heterocycles. The largest absolute Gasteiger partial charge is 0.455 e. The Bertz CT molecular complexity index is 3830. The highest BCUT2D eigenvalue weighted by molar-refractivity contribution is 6.23. The number of nitrogens with zero attached hydrogens (tertiary/aromatic N) is 2. The topological polar surface area (TPSA) is 63.0 Å². The van der Waals surface area contributed by atoms with Crippen molar-refractivity contribution in [2.75, 3.05) is 0 Å². The average Bonchev–Trinajstić information content (AvgIpc) is 3.90. The number of hydrogen-bond donors (Lipinski definition) is 1. The quantitative estimate of drug-likeness (QED) is 0.181. The zero-order valence-corrected chi connectivity index (χ0v) is 32.2. The number of rotatable bonds is 4. The summed E-state index contributed by atoms with van der Waals surface area (Å²) in [5.74, 6) is 1.43. The van der Waals surface area contributed by atoms with Crippen molar-refractivity contribution in [3.05, 3.63) is 205 Å². The molecule has 5 nitrogen and oxygen atoms in total. The lowest BCUT2D eigenvalue weighted by molar-refractivity contribution is 0.666. The lowest BCUT2D eigenvalue weighted by Crippen LogP contribution is -2.36. The van der Waals surface area contributed by atoms with Crippen LogP contribution in [0.15, 0.2) is 207 Å². The first kappa shape index (κ1) is 33.0. The maximum absolute atomic E-state index is 6.84. The molecule has 0 fully saturated rings. The zero-order chi connectivity index (χ0) is 39.3. The van der Waals surface area contributed by atoms with E-state index >= 15 is 0 Å². The number of benzene rings is 10. The van der Waals surface area contributed by atoms with Crippen molar-refractivity contribution in [1.29, 1.82) is 0 Å². The summed E-state index contributed by atoms with van der Waals surface area (Å²) in [7, 11) is 0. The van der Waals surface area contributed by atoms with Crippen LogP contribution in [0.5, 0.6) is 0 Å². The van der Waals surface area contributed by atoms with Crippen LogP contribution in [0, 0.1) is 0 Å². The van der Waals surface area contributed by atoms with Gasteiger partial charge in [-0.2, -0.15) is 0 Å². The van der Waals surface area contributed by atoms with Gasteiger partial charge in [-0.1, -0.05) is 158 Å². The smallest absolute Gasteiger partial charge is 0.170 e. The van der Waals surface area contributed by atoms with Crippen molar-refractivity contribution in [2.45, 2.75) is 6.17 Å². The summed E-state index contributed by atoms with van der Waals surface area (Å²) >= 11 is 0. The summed E-state index contributed by atoms with van der Waals surface area (Å²) in [6.07, 6.45) is -0.584. The average molecular weight is 768 g/mol. The van der Waals surface area contributed by atoms with Crippen LogP contribution in [0.3, 0.4) is 0 Å². The molecule has 1 unspecified atom stereocenters. The molecule has 1 aliphatic rings. The minimum Gasteiger partial charge on any atom is -0.455 e. The molecule has 0 amide bonds. The van der Waals surface area contributed by atoms with Gasteiger partial charge in [0, 0.05) is 38.2 Å². The number of hydrogen-bond acceptors (Lipinski definition) is 5. The van der Waals surface area contributed by atoms with E-state index in [4.69, 9.17) is 18.8 Å². The van der Waals surface area contributed by atoms with E-state index in [-0.39, 0.29) is 0 Å². The van der Waals surface area contributed by atoms with Crippen molar-refractivity contribution in [3.8, 4) is 11.1 Å². The Hall–Kier alpha value is -8.02. The van der Waals surface area contributed by atoms with Crippen LogP contribution in [0.1, 0.15) is 22.9 Å². The monoisotopic (exact) mass is 767 g/mol. The van der Waals surface area contributed by atoms with E-state index in [1.54, 1.807) is 0 Å². The lowest BCUT2D eigenvalue weighted by atomic mass is 9.95. The van der Waals surface area contributed by atoms with Crippen LogP contribution in [0.4, 0.5) is 0 Å². The highest BCUT2D eigenvalue weighted by atomic mass is 16.3. The molecular formula is C55H33N3O2. The normalized spacial score (nSPS) is 14.5. The van der Waals surface area contributed by atoms with Crippen molar-refractivity contribution in [2.24, 2.45) is 9.98 Å². The van der Waals surface area contributed by atoms with Gasteiger partial charge in [0.05, 0.1) is 5.56 Å². The van der Waals surface area contributed by atoms with E-state index < -0.39 is 6.17 Å². The summed E-state index contributed by atoms with van der Waals surface area (Å²) in [6, 6.07) is 66.3. The molecule has 3 heterocycles. The number of fused-ring (bicyclic) bond motifs is 12. The van der Waals surface area contributed by atoms with Gasteiger partial charge in [0.1, 0.15) is 34.0 Å². The Morgan fingerprint density at radius 2 is 0.883 bits per heavy atom. The third kappa shape index (κ3) is 4.99. The summed E-state index contributed by atoms with van der Waals surface area (Å²) in [5, 5.41) is 17.5. The van der Waals surface area contributed by atoms with Gasteiger partial charge in [0.15, 0.2) is 6.17 Å². The summed E-state index contributed by atoms with van der Waals surface area (Å²) in [5.41, 5.74) is 8.24. The van der Waals surface area contributed by atoms with Gasteiger partial charge in [0.2, 0.25) is 0 Å². The van der Waals surface area contributed by atoms with E-state index in [0.717, 1.165) is 77.5 Å². The molecule has 0 radical (unpaired) electrons. The first-order chi connectivity index (χ1) is 29.7. The number of amidine groups is 2. The van der Waals surface area contributed by atoms with Crippen LogP contribution < -0.4 is 5.32 Å². The van der Waals surface area contributed by atoms with Crippen LogP contribution in [-0.2, 0) is 0 Å². The maximum atomic E-state index is 6.84. The molecule has 280 valence electrons. The highest BCUT2D eigenvalue weighted by Crippen LogP contribution is 2.42. The summed E-state index contributed by atoms with van der Waals surface area (Å²) in [6.45, 7) is 0. The number of furan rings is 2. The summed E-state index contributed by atoms with van der Waals surface area (Å²) < 4.78 is 13.4. The Balaban J connectivity index is 1.02. The van der Waals surface area contributed by atoms with E-state index in [1.807, 2.05) is 18.2 Å². The Labute approximate surface area is 343 Å². The van der Waals surface area contributed by atoms with Crippen molar-refractivity contribution in [1.82, 2.24) is 5.32 Å². The Kier molecular flexibility index (Phi) is 7.01. The van der Waals surface area contributed by atoms with Crippen LogP contribution in [0.2, 0.25) is 0 Å². The Morgan fingerprint density at radius 1 is 0.367 bits per heavy atom. The second kappa shape index (κ2) is 12.7. The molecule has 13 rings (SSSR count). The third-order valence-corrected chi connectivity index (χ3v) is 12.3. The fourth-order valence-electron chi connectivity index (χ4n) is 9.44. The fraction of sp³-hybridized carbons (Fsp3) is 0.0182. The van der Waals surface area contributed by atoms with Crippen molar-refractivity contribution in [3.63, 3.8) is 0 Å². The first-order valence-corrected chi connectivity index (χ1v) is 20.3. The van der Waals surface area contributed by atoms with Crippen molar-refractivity contribution >= 4 is 98.6 Å². The SMILES string of the molecule is c1ccc2c(c1)ccc1ccc(C3=NC(c4cccc5oc6c(-c7ccc8ccc9ccccc9c8c7)cccc6c45)N=C(c4cccc5c4oc4ccccc45)N3)cc12. The molecular weight excluding hydrogens is 735 g/mol. The molecule has 5 heteroatoms. The van der Waals surface area contributed by atoms with Gasteiger partial charge in [-0.25, -0.2) is 9.98 Å². The minimum absolute atomic E-state index is 0.584. The van der Waals surface area contributed by atoms with Gasteiger partial charge in [0.25, 0.3) is 0 Å². The van der Waals surface area contributed by atoms with E-state index in [1.165, 1.54) is 43.1 Å². The van der Waals surface area contributed by atoms with Gasteiger partial charge in [-0.15, -0.1) is 0 Å². The van der Waals surface area contributed by atoms with Gasteiger partial charge >= 0.3 is 0 Å². The first-order valence-electron chi connectivity index (χ1n) is 20.3. The molecule has 0 bridgehead atoms. The van der Waals surface area contributed by atoms with Gasteiger partial charge in [-0.3, -0.25) is 0 Å². The van der Waals surface area contributed by atoms with Crippen LogP contribution in [-0.4, -0.2) is 11.7 Å². The summed E-state index contributed by atoms with van der Waals surface area (Å²) in [4.78, 5) is 10.9.